The van der Waals surface area contributed by atoms with Crippen LogP contribution < -0.4 is 0 Å². The van der Waals surface area contributed by atoms with E-state index in [0.29, 0.717) is 0 Å². The number of nitrogens with zero attached hydrogens (tertiary/aromatic N) is 3. The lowest BCUT2D eigenvalue weighted by Crippen LogP contribution is -2.30. The van der Waals surface area contributed by atoms with Crippen molar-refractivity contribution in [2.24, 2.45) is 0 Å². The molecule has 0 atom stereocenters. The maximum Gasteiger partial charge on any atom is 0.147 e. The molecule has 0 radical (unpaired) electrons. The second kappa shape index (κ2) is 16.0. The molecule has 10 aromatic rings. The van der Waals surface area contributed by atoms with Crippen LogP contribution in [0, 0.1) is 13.8 Å². The highest BCUT2D eigenvalue weighted by Gasteiger charge is 2.48. The van der Waals surface area contributed by atoms with E-state index in [1.165, 1.54) is 72.0 Å². The Kier molecular flexibility index (Phi) is 10.4. The van der Waals surface area contributed by atoms with E-state index in [1.54, 1.807) is 0 Å². The molecule has 0 saturated carbocycles. The van der Waals surface area contributed by atoms with Crippen LogP contribution in [-0.4, -0.2) is 19.5 Å². The van der Waals surface area contributed by atoms with Crippen LogP contribution in [0.1, 0.15) is 139 Å². The molecule has 3 aromatic heterocycles. The Morgan fingerprint density at radius 3 is 1.70 bits per heavy atom. The molecule has 7 aromatic carbocycles. The zero-order valence-electron chi connectivity index (χ0n) is 44.3. The van der Waals surface area contributed by atoms with E-state index in [0.717, 1.165) is 56.0 Å². The van der Waals surface area contributed by atoms with Gasteiger partial charge in [0.2, 0.25) is 0 Å². The average molecular weight is 929 g/mol. The number of aromatic amines is 1. The molecule has 0 aliphatic heterocycles. The Morgan fingerprint density at radius 2 is 1.07 bits per heavy atom. The Bertz CT molecular complexity index is 3700. The van der Waals surface area contributed by atoms with E-state index < -0.39 is 5.41 Å². The molecule has 1 aliphatic rings. The Labute approximate surface area is 421 Å². The van der Waals surface area contributed by atoms with E-state index in [9.17, 15) is 0 Å². The first-order valence-electron chi connectivity index (χ1n) is 25.6. The molecule has 0 spiro atoms. The molecule has 3 heterocycles. The SMILES string of the molecule is Cc1ccc2c(c1)C(c1cccc(-c3cccc4c3nc(-c3cc(C(C)(C)C)cc5c3[nH]c3ccc(C(C)(C)C)cc35)n4-c3ccc(C(C)(C)C)cc3)c1)(c1cc(C(C)(C)C)ccn1)c1cc(C)ccc1-2. The lowest BCUT2D eigenvalue weighted by atomic mass is 9.68. The Morgan fingerprint density at radius 1 is 0.479 bits per heavy atom. The van der Waals surface area contributed by atoms with E-state index in [1.807, 2.05) is 6.20 Å². The summed E-state index contributed by atoms with van der Waals surface area (Å²) in [5.41, 5.74) is 22.7. The predicted octanol–water partition coefficient (Wildman–Crippen LogP) is 17.6. The molecule has 4 heteroatoms. The molecule has 356 valence electrons. The number of hydrogen-bond acceptors (Lipinski definition) is 2. The van der Waals surface area contributed by atoms with Gasteiger partial charge in [0.25, 0.3) is 0 Å². The number of nitrogens with one attached hydrogen (secondary N) is 1. The van der Waals surface area contributed by atoms with Gasteiger partial charge in [-0.2, -0.15) is 0 Å². The van der Waals surface area contributed by atoms with Gasteiger partial charge >= 0.3 is 0 Å². The highest BCUT2D eigenvalue weighted by atomic mass is 15.1. The summed E-state index contributed by atoms with van der Waals surface area (Å²) >= 11 is 0. The zero-order valence-corrected chi connectivity index (χ0v) is 44.3. The first kappa shape index (κ1) is 46.3. The van der Waals surface area contributed by atoms with Crippen LogP contribution in [0.4, 0.5) is 0 Å². The van der Waals surface area contributed by atoms with Gasteiger partial charge in [-0.25, -0.2) is 4.98 Å². The molecule has 0 saturated heterocycles. The largest absolute Gasteiger partial charge is 0.354 e. The average Bonchev–Trinajstić information content (AvgIpc) is 3.98. The van der Waals surface area contributed by atoms with Crippen molar-refractivity contribution >= 4 is 32.8 Å². The quantitative estimate of drug-likeness (QED) is 0.187. The van der Waals surface area contributed by atoms with E-state index in [4.69, 9.17) is 9.97 Å². The molecule has 1 N–H and O–H groups in total. The van der Waals surface area contributed by atoms with E-state index >= 15 is 0 Å². The van der Waals surface area contributed by atoms with Gasteiger partial charge in [0, 0.05) is 39.3 Å². The first-order chi connectivity index (χ1) is 33.5. The lowest BCUT2D eigenvalue weighted by molar-refractivity contribution is 0.584. The summed E-state index contributed by atoms with van der Waals surface area (Å²) in [4.78, 5) is 15.2. The number of benzene rings is 7. The summed E-state index contributed by atoms with van der Waals surface area (Å²) in [6.45, 7) is 32.0. The fraction of sp³-hybridized carbons (Fsp3) is 0.284. The monoisotopic (exact) mass is 929 g/mol. The van der Waals surface area contributed by atoms with Crippen molar-refractivity contribution in [2.75, 3.05) is 0 Å². The number of rotatable bonds is 5. The van der Waals surface area contributed by atoms with Crippen molar-refractivity contribution in [2.45, 2.75) is 124 Å². The van der Waals surface area contributed by atoms with Gasteiger partial charge in [0.1, 0.15) is 5.82 Å². The van der Waals surface area contributed by atoms with Crippen LogP contribution in [0.15, 0.2) is 152 Å². The third-order valence-electron chi connectivity index (χ3n) is 15.4. The van der Waals surface area contributed by atoms with Crippen LogP contribution in [0.5, 0.6) is 0 Å². The van der Waals surface area contributed by atoms with Crippen LogP contribution in [0.3, 0.4) is 0 Å². The van der Waals surface area contributed by atoms with Gasteiger partial charge in [-0.1, -0.05) is 179 Å². The number of aromatic nitrogens is 4. The van der Waals surface area contributed by atoms with Gasteiger partial charge in [-0.15, -0.1) is 0 Å². The Balaban J connectivity index is 1.21. The summed E-state index contributed by atoms with van der Waals surface area (Å²) < 4.78 is 2.40. The van der Waals surface area contributed by atoms with Crippen LogP contribution in [0.25, 0.3) is 72.2 Å². The third kappa shape index (κ3) is 7.56. The molecular formula is C67H68N4. The third-order valence-corrected chi connectivity index (χ3v) is 15.4. The standard InChI is InChI=1S/C67H68N4/c1-40-21-28-50-51-29-22-41(2)34-56(51)67(55(50)33-40,59-39-45(31-32-68-59)65(9,10)11)46-18-15-17-42(35-46)49-19-16-20-58-61(49)70-62(71(58)48-26-23-43(24-27-48)63(3,4)5)54-38-47(66(12,13)14)37-53-52-36-44(64(6,7)8)25-30-57(52)69-60(53)54/h15-39,69H,1-14H3. The van der Waals surface area contributed by atoms with Crippen molar-refractivity contribution in [1.82, 2.24) is 19.5 Å². The highest BCUT2D eigenvalue weighted by Crippen LogP contribution is 2.57. The summed E-state index contributed by atoms with van der Waals surface area (Å²) in [6.07, 6.45) is 2.02. The van der Waals surface area contributed by atoms with Crippen molar-refractivity contribution < 1.29 is 0 Å². The number of fused-ring (bicyclic) bond motifs is 7. The fourth-order valence-corrected chi connectivity index (χ4v) is 11.3. The maximum absolute atomic E-state index is 5.87. The summed E-state index contributed by atoms with van der Waals surface area (Å²) in [7, 11) is 0. The van der Waals surface area contributed by atoms with E-state index in [-0.39, 0.29) is 21.7 Å². The first-order valence-corrected chi connectivity index (χ1v) is 25.6. The number of hydrogen-bond donors (Lipinski definition) is 1. The molecule has 0 amide bonds. The van der Waals surface area contributed by atoms with Crippen molar-refractivity contribution in [3.63, 3.8) is 0 Å². The molecule has 0 unspecified atom stereocenters. The number of pyridine rings is 1. The minimum atomic E-state index is -0.672. The summed E-state index contributed by atoms with van der Waals surface area (Å²) in [6, 6.07) is 55.4. The topological polar surface area (TPSA) is 46.5 Å². The number of aryl methyl sites for hydroxylation is 2. The minimum absolute atomic E-state index is 0.0121. The van der Waals surface area contributed by atoms with Gasteiger partial charge in [0.15, 0.2) is 0 Å². The summed E-state index contributed by atoms with van der Waals surface area (Å²) in [5, 5.41) is 2.46. The second-order valence-corrected chi connectivity index (χ2v) is 24.7. The highest BCUT2D eigenvalue weighted by molar-refractivity contribution is 6.13. The zero-order chi connectivity index (χ0) is 50.2. The van der Waals surface area contributed by atoms with Gasteiger partial charge in [-0.05, 0) is 152 Å². The normalized spacial score (nSPS) is 13.9. The maximum atomic E-state index is 5.87. The molecule has 4 nitrogen and oxygen atoms in total. The lowest BCUT2D eigenvalue weighted by Gasteiger charge is -2.34. The molecule has 0 bridgehead atoms. The number of H-pyrrole nitrogens is 1. The predicted molar refractivity (Wildman–Crippen MR) is 301 cm³/mol. The number of imidazole rings is 1. The molecule has 0 fully saturated rings. The Hall–Kier alpha value is -7.04. The summed E-state index contributed by atoms with van der Waals surface area (Å²) in [5.74, 6) is 0.912. The molecule has 11 rings (SSSR count). The molecular weight excluding hydrogens is 861 g/mol. The number of para-hydroxylation sites is 1. The van der Waals surface area contributed by atoms with Crippen molar-refractivity contribution in [1.29, 1.82) is 0 Å². The van der Waals surface area contributed by atoms with Crippen LogP contribution in [-0.2, 0) is 27.1 Å². The van der Waals surface area contributed by atoms with E-state index in [2.05, 4.69) is 252 Å². The van der Waals surface area contributed by atoms with Crippen molar-refractivity contribution in [3.8, 4) is 39.3 Å². The van der Waals surface area contributed by atoms with Crippen LogP contribution in [0.2, 0.25) is 0 Å². The second-order valence-electron chi connectivity index (χ2n) is 24.7. The van der Waals surface area contributed by atoms with Gasteiger partial charge in [-0.3, -0.25) is 9.55 Å². The fourth-order valence-electron chi connectivity index (χ4n) is 11.3. The molecule has 1 aliphatic carbocycles. The smallest absolute Gasteiger partial charge is 0.147 e. The van der Waals surface area contributed by atoms with Crippen LogP contribution >= 0.6 is 0 Å². The molecule has 71 heavy (non-hydrogen) atoms. The van der Waals surface area contributed by atoms with Gasteiger partial charge < -0.3 is 4.98 Å². The van der Waals surface area contributed by atoms with Crippen molar-refractivity contribution in [3.05, 3.63) is 208 Å². The van der Waals surface area contributed by atoms with Gasteiger partial charge in [0.05, 0.1) is 27.7 Å². The minimum Gasteiger partial charge on any atom is -0.354 e.